The topological polar surface area (TPSA) is 25.8 Å². The van der Waals surface area contributed by atoms with Gasteiger partial charge in [-0.3, -0.25) is 9.97 Å². The van der Waals surface area contributed by atoms with Crippen molar-refractivity contribution in [2.45, 2.75) is 6.92 Å². The molecular weight excluding hydrogens is 232 g/mol. The Hall–Kier alpha value is -2.48. The summed E-state index contributed by atoms with van der Waals surface area (Å²) < 4.78 is 0. The Bertz CT molecular complexity index is 618. The lowest BCUT2D eigenvalue weighted by molar-refractivity contribution is 1.31. The van der Waals surface area contributed by atoms with Gasteiger partial charge < -0.3 is 0 Å². The summed E-state index contributed by atoms with van der Waals surface area (Å²) in [6.45, 7) is 2.10. The summed E-state index contributed by atoms with van der Waals surface area (Å²) in [6.07, 6.45) is 5.50. The third-order valence-electron chi connectivity index (χ3n) is 3.03. The van der Waals surface area contributed by atoms with Crippen molar-refractivity contribution < 1.29 is 0 Å². The number of aryl methyl sites for hydroxylation is 1. The van der Waals surface area contributed by atoms with E-state index in [0.717, 1.165) is 16.8 Å². The van der Waals surface area contributed by atoms with Crippen LogP contribution in [-0.2, 0) is 0 Å². The Balaban J connectivity index is 2.12. The van der Waals surface area contributed by atoms with Crippen molar-refractivity contribution in [3.05, 3.63) is 72.7 Å². The minimum atomic E-state index is 0.997. The van der Waals surface area contributed by atoms with Crippen LogP contribution in [0.5, 0.6) is 0 Å². The summed E-state index contributed by atoms with van der Waals surface area (Å²) >= 11 is 0. The molecule has 1 aromatic carbocycles. The first-order chi connectivity index (χ1) is 9.33. The Kier molecular flexibility index (Phi) is 3.07. The maximum absolute atomic E-state index is 4.41. The van der Waals surface area contributed by atoms with E-state index in [1.807, 2.05) is 36.7 Å². The van der Waals surface area contributed by atoms with E-state index >= 15 is 0 Å². The fraction of sp³-hybridized carbons (Fsp3) is 0.0588. The second kappa shape index (κ2) is 5.02. The van der Waals surface area contributed by atoms with Crippen molar-refractivity contribution in [1.82, 2.24) is 9.97 Å². The molecule has 0 saturated heterocycles. The number of rotatable bonds is 2. The zero-order valence-electron chi connectivity index (χ0n) is 10.7. The highest BCUT2D eigenvalue weighted by Crippen LogP contribution is 2.26. The van der Waals surface area contributed by atoms with E-state index in [2.05, 4.69) is 41.2 Å². The summed E-state index contributed by atoms with van der Waals surface area (Å²) in [7, 11) is 0. The molecule has 0 amide bonds. The van der Waals surface area contributed by atoms with Crippen molar-refractivity contribution in [3.8, 4) is 22.4 Å². The predicted octanol–water partition coefficient (Wildman–Crippen LogP) is 4.12. The normalized spacial score (nSPS) is 10.4. The molecule has 0 bridgehead atoms. The number of hydrogen-bond acceptors (Lipinski definition) is 2. The molecule has 0 N–H and O–H groups in total. The minimum Gasteiger partial charge on any atom is -0.264 e. The van der Waals surface area contributed by atoms with E-state index in [9.17, 15) is 0 Å². The highest BCUT2D eigenvalue weighted by Gasteiger charge is 2.04. The number of aromatic nitrogens is 2. The van der Waals surface area contributed by atoms with Crippen LogP contribution in [0.25, 0.3) is 22.4 Å². The van der Waals surface area contributed by atoms with Crippen molar-refractivity contribution in [2.75, 3.05) is 0 Å². The molecular formula is C17H14N2. The maximum Gasteiger partial charge on any atom is 0.0702 e. The molecule has 3 aromatic rings. The highest BCUT2D eigenvalue weighted by atomic mass is 14.7. The van der Waals surface area contributed by atoms with Gasteiger partial charge in [-0.05, 0) is 48.4 Å². The lowest BCUT2D eigenvalue weighted by Gasteiger charge is -2.07. The average molecular weight is 246 g/mol. The summed E-state index contributed by atoms with van der Waals surface area (Å²) in [5, 5.41) is 0. The van der Waals surface area contributed by atoms with Gasteiger partial charge in [-0.2, -0.15) is 0 Å². The third kappa shape index (κ3) is 2.52. The molecule has 0 unspecified atom stereocenters. The first kappa shape index (κ1) is 11.6. The van der Waals surface area contributed by atoms with Gasteiger partial charge in [0.1, 0.15) is 0 Å². The standard InChI is InChI=1S/C17H14N2/c1-13-9-15(14-5-4-7-18-12-14)11-16(10-13)17-6-2-3-8-19-17/h2-12H,1H3. The molecule has 0 atom stereocenters. The van der Waals surface area contributed by atoms with Gasteiger partial charge in [0.05, 0.1) is 5.69 Å². The molecule has 0 aliphatic heterocycles. The van der Waals surface area contributed by atoms with Crippen LogP contribution in [0, 0.1) is 6.92 Å². The molecule has 3 rings (SSSR count). The average Bonchev–Trinajstić information content (AvgIpc) is 2.48. The molecule has 0 radical (unpaired) electrons. The Morgan fingerprint density at radius 2 is 1.68 bits per heavy atom. The molecule has 0 aliphatic carbocycles. The first-order valence-corrected chi connectivity index (χ1v) is 6.26. The van der Waals surface area contributed by atoms with Gasteiger partial charge in [-0.15, -0.1) is 0 Å². The van der Waals surface area contributed by atoms with Gasteiger partial charge in [0.25, 0.3) is 0 Å². The molecule has 92 valence electrons. The summed E-state index contributed by atoms with van der Waals surface area (Å²) in [6, 6.07) is 16.5. The van der Waals surface area contributed by atoms with Crippen LogP contribution >= 0.6 is 0 Å². The van der Waals surface area contributed by atoms with Crippen LogP contribution < -0.4 is 0 Å². The highest BCUT2D eigenvalue weighted by molar-refractivity contribution is 5.72. The number of nitrogens with zero attached hydrogens (tertiary/aromatic N) is 2. The smallest absolute Gasteiger partial charge is 0.0702 e. The van der Waals surface area contributed by atoms with Crippen LogP contribution in [0.3, 0.4) is 0 Å². The van der Waals surface area contributed by atoms with Gasteiger partial charge in [-0.25, -0.2) is 0 Å². The molecule has 19 heavy (non-hydrogen) atoms. The number of hydrogen-bond donors (Lipinski definition) is 0. The van der Waals surface area contributed by atoms with Gasteiger partial charge in [0, 0.05) is 29.7 Å². The van der Waals surface area contributed by atoms with E-state index in [-0.39, 0.29) is 0 Å². The van der Waals surface area contributed by atoms with Crippen molar-refractivity contribution >= 4 is 0 Å². The lowest BCUT2D eigenvalue weighted by atomic mass is 10.00. The van der Waals surface area contributed by atoms with E-state index in [0.29, 0.717) is 0 Å². The van der Waals surface area contributed by atoms with E-state index in [1.165, 1.54) is 11.1 Å². The molecule has 2 aromatic heterocycles. The monoisotopic (exact) mass is 246 g/mol. The van der Waals surface area contributed by atoms with Gasteiger partial charge in [-0.1, -0.05) is 18.2 Å². The van der Waals surface area contributed by atoms with Gasteiger partial charge in [0.2, 0.25) is 0 Å². The largest absolute Gasteiger partial charge is 0.264 e. The lowest BCUT2D eigenvalue weighted by Crippen LogP contribution is -1.86. The minimum absolute atomic E-state index is 0.997. The zero-order chi connectivity index (χ0) is 13.1. The Labute approximate surface area is 112 Å². The first-order valence-electron chi connectivity index (χ1n) is 6.26. The van der Waals surface area contributed by atoms with E-state index in [1.54, 1.807) is 6.20 Å². The van der Waals surface area contributed by atoms with Crippen molar-refractivity contribution in [1.29, 1.82) is 0 Å². The second-order valence-corrected chi connectivity index (χ2v) is 4.54. The van der Waals surface area contributed by atoms with E-state index in [4.69, 9.17) is 0 Å². The molecule has 0 fully saturated rings. The van der Waals surface area contributed by atoms with Crippen LogP contribution in [0.4, 0.5) is 0 Å². The molecule has 0 spiro atoms. The summed E-state index contributed by atoms with van der Waals surface area (Å²) in [5.41, 5.74) is 5.66. The van der Waals surface area contributed by atoms with E-state index < -0.39 is 0 Å². The van der Waals surface area contributed by atoms with Crippen LogP contribution in [0.2, 0.25) is 0 Å². The summed E-state index contributed by atoms with van der Waals surface area (Å²) in [5.74, 6) is 0. The van der Waals surface area contributed by atoms with Gasteiger partial charge in [0.15, 0.2) is 0 Å². The number of pyridine rings is 2. The quantitative estimate of drug-likeness (QED) is 0.679. The second-order valence-electron chi connectivity index (χ2n) is 4.54. The molecule has 0 aliphatic rings. The van der Waals surface area contributed by atoms with Crippen LogP contribution in [0.1, 0.15) is 5.56 Å². The fourth-order valence-corrected chi connectivity index (χ4v) is 2.16. The zero-order valence-corrected chi connectivity index (χ0v) is 10.7. The fourth-order valence-electron chi connectivity index (χ4n) is 2.16. The number of benzene rings is 1. The van der Waals surface area contributed by atoms with Crippen LogP contribution in [0.15, 0.2) is 67.1 Å². The Morgan fingerprint density at radius 3 is 2.42 bits per heavy atom. The molecule has 0 saturated carbocycles. The Morgan fingerprint density at radius 1 is 0.789 bits per heavy atom. The van der Waals surface area contributed by atoms with Crippen molar-refractivity contribution in [3.63, 3.8) is 0 Å². The van der Waals surface area contributed by atoms with Crippen molar-refractivity contribution in [2.24, 2.45) is 0 Å². The molecule has 2 heteroatoms. The molecule has 2 nitrogen and oxygen atoms in total. The predicted molar refractivity (Wildman–Crippen MR) is 77.6 cm³/mol. The third-order valence-corrected chi connectivity index (χ3v) is 3.03. The SMILES string of the molecule is Cc1cc(-c2cccnc2)cc(-c2ccccn2)c1. The van der Waals surface area contributed by atoms with Crippen LogP contribution in [-0.4, -0.2) is 9.97 Å². The van der Waals surface area contributed by atoms with Gasteiger partial charge >= 0.3 is 0 Å². The molecule has 2 heterocycles. The summed E-state index contributed by atoms with van der Waals surface area (Å²) in [4.78, 5) is 8.59. The maximum atomic E-state index is 4.41.